The molecule has 156 valence electrons. The molecule has 2 aromatic rings. The number of piperidine rings is 1. The molecule has 0 radical (unpaired) electrons. The SMILES string of the molecule is COc1ccc(C(=O)Nc2ccc(S(=O)(=O)N3[C@H](C)CCC[C@@H]3C)cc2)cc1F. The van der Waals surface area contributed by atoms with Gasteiger partial charge in [0.25, 0.3) is 5.91 Å². The molecule has 1 saturated heterocycles. The summed E-state index contributed by atoms with van der Waals surface area (Å²) in [6, 6.07) is 9.85. The minimum Gasteiger partial charge on any atom is -0.494 e. The summed E-state index contributed by atoms with van der Waals surface area (Å²) < 4.78 is 46.3. The van der Waals surface area contributed by atoms with Gasteiger partial charge in [-0.25, -0.2) is 12.8 Å². The third-order valence-corrected chi connectivity index (χ3v) is 7.36. The van der Waals surface area contributed by atoms with E-state index >= 15 is 0 Å². The molecule has 0 aliphatic carbocycles. The molecule has 0 saturated carbocycles. The summed E-state index contributed by atoms with van der Waals surface area (Å²) in [5.74, 6) is -1.08. The number of nitrogens with one attached hydrogen (secondary N) is 1. The molecule has 1 aliphatic heterocycles. The first-order chi connectivity index (χ1) is 13.7. The van der Waals surface area contributed by atoms with Crippen LogP contribution in [-0.4, -0.2) is 37.8 Å². The van der Waals surface area contributed by atoms with Gasteiger partial charge in [0.2, 0.25) is 10.0 Å². The minimum absolute atomic E-state index is 0.0481. The van der Waals surface area contributed by atoms with Gasteiger partial charge in [-0.2, -0.15) is 4.31 Å². The highest BCUT2D eigenvalue weighted by atomic mass is 32.2. The van der Waals surface area contributed by atoms with Crippen LogP contribution in [0.1, 0.15) is 43.5 Å². The summed E-state index contributed by atoms with van der Waals surface area (Å²) in [6.45, 7) is 3.85. The first kappa shape index (κ1) is 21.3. The van der Waals surface area contributed by atoms with E-state index in [0.717, 1.165) is 25.3 Å². The molecule has 8 heteroatoms. The lowest BCUT2D eigenvalue weighted by Crippen LogP contribution is -2.47. The van der Waals surface area contributed by atoms with Crippen LogP contribution in [0.4, 0.5) is 10.1 Å². The van der Waals surface area contributed by atoms with Gasteiger partial charge in [0.1, 0.15) is 0 Å². The van der Waals surface area contributed by atoms with E-state index in [2.05, 4.69) is 5.32 Å². The highest BCUT2D eigenvalue weighted by Crippen LogP contribution is 2.30. The van der Waals surface area contributed by atoms with Gasteiger partial charge in [0.15, 0.2) is 11.6 Å². The van der Waals surface area contributed by atoms with Crippen molar-refractivity contribution < 1.29 is 22.3 Å². The molecule has 0 spiro atoms. The molecule has 0 unspecified atom stereocenters. The van der Waals surface area contributed by atoms with Crippen molar-refractivity contribution in [2.24, 2.45) is 0 Å². The highest BCUT2D eigenvalue weighted by Gasteiger charge is 2.35. The summed E-state index contributed by atoms with van der Waals surface area (Å²) in [7, 11) is -2.27. The summed E-state index contributed by atoms with van der Waals surface area (Å²) in [5, 5.41) is 2.64. The molecule has 3 rings (SSSR count). The second-order valence-electron chi connectivity index (χ2n) is 7.29. The van der Waals surface area contributed by atoms with Crippen molar-refractivity contribution in [2.45, 2.75) is 50.1 Å². The topological polar surface area (TPSA) is 75.7 Å². The van der Waals surface area contributed by atoms with Gasteiger partial charge < -0.3 is 10.1 Å². The van der Waals surface area contributed by atoms with Crippen molar-refractivity contribution in [3.8, 4) is 5.75 Å². The molecule has 1 amide bonds. The number of halogens is 1. The zero-order valence-electron chi connectivity index (χ0n) is 16.7. The van der Waals surface area contributed by atoms with Crippen molar-refractivity contribution in [3.63, 3.8) is 0 Å². The van der Waals surface area contributed by atoms with Gasteiger partial charge in [-0.05, 0) is 69.2 Å². The maximum Gasteiger partial charge on any atom is 0.255 e. The van der Waals surface area contributed by atoms with Crippen LogP contribution < -0.4 is 10.1 Å². The Labute approximate surface area is 170 Å². The Morgan fingerprint density at radius 1 is 1.10 bits per heavy atom. The molecule has 1 aliphatic rings. The molecule has 1 fully saturated rings. The molecule has 2 atom stereocenters. The van der Waals surface area contributed by atoms with Crippen LogP contribution in [0, 0.1) is 5.82 Å². The standard InChI is InChI=1S/C21H25FN2O4S/c1-14-5-4-6-15(2)24(14)29(26,27)18-10-8-17(9-11-18)23-21(25)16-7-12-20(28-3)19(22)13-16/h7-15H,4-6H2,1-3H3,(H,23,25)/t14-,15+. The van der Waals surface area contributed by atoms with Crippen molar-refractivity contribution in [2.75, 3.05) is 12.4 Å². The van der Waals surface area contributed by atoms with E-state index < -0.39 is 21.7 Å². The lowest BCUT2D eigenvalue weighted by Gasteiger charge is -2.37. The molecule has 29 heavy (non-hydrogen) atoms. The number of methoxy groups -OCH3 is 1. The number of hydrogen-bond acceptors (Lipinski definition) is 4. The number of nitrogens with zero attached hydrogens (tertiary/aromatic N) is 1. The van der Waals surface area contributed by atoms with Crippen LogP contribution in [-0.2, 0) is 10.0 Å². The molecule has 1 heterocycles. The van der Waals surface area contributed by atoms with Gasteiger partial charge >= 0.3 is 0 Å². The van der Waals surface area contributed by atoms with E-state index in [-0.39, 0.29) is 28.3 Å². The van der Waals surface area contributed by atoms with Crippen LogP contribution >= 0.6 is 0 Å². The Balaban J connectivity index is 1.76. The van der Waals surface area contributed by atoms with Gasteiger partial charge in [-0.1, -0.05) is 6.42 Å². The third kappa shape index (κ3) is 4.43. The predicted octanol–water partition coefficient (Wildman–Crippen LogP) is 4.04. The third-order valence-electron chi connectivity index (χ3n) is 5.21. The second kappa shape index (κ2) is 8.51. The maximum atomic E-state index is 13.8. The lowest BCUT2D eigenvalue weighted by molar-refractivity contribution is 0.102. The van der Waals surface area contributed by atoms with Crippen molar-refractivity contribution in [3.05, 3.63) is 53.8 Å². The Morgan fingerprint density at radius 3 is 2.28 bits per heavy atom. The number of amides is 1. The Morgan fingerprint density at radius 2 is 1.72 bits per heavy atom. The summed E-state index contributed by atoms with van der Waals surface area (Å²) >= 11 is 0. The van der Waals surface area contributed by atoms with E-state index in [1.165, 1.54) is 43.5 Å². The minimum atomic E-state index is -3.61. The Bertz CT molecular complexity index is 982. The zero-order chi connectivity index (χ0) is 21.2. The summed E-state index contributed by atoms with van der Waals surface area (Å²) in [5.41, 5.74) is 0.556. The number of rotatable bonds is 5. The van der Waals surface area contributed by atoms with Crippen LogP contribution in [0.5, 0.6) is 5.75 Å². The average molecular weight is 421 g/mol. The van der Waals surface area contributed by atoms with Crippen LogP contribution in [0.15, 0.2) is 47.4 Å². The van der Waals surface area contributed by atoms with E-state index in [1.54, 1.807) is 4.31 Å². The molecule has 6 nitrogen and oxygen atoms in total. The number of benzene rings is 2. The second-order valence-corrected chi connectivity index (χ2v) is 9.13. The van der Waals surface area contributed by atoms with Gasteiger partial charge in [-0.15, -0.1) is 0 Å². The largest absolute Gasteiger partial charge is 0.494 e. The van der Waals surface area contributed by atoms with E-state index in [0.29, 0.717) is 5.69 Å². The monoisotopic (exact) mass is 420 g/mol. The molecule has 2 aromatic carbocycles. The van der Waals surface area contributed by atoms with Crippen LogP contribution in [0.25, 0.3) is 0 Å². The number of sulfonamides is 1. The summed E-state index contributed by atoms with van der Waals surface area (Å²) in [6.07, 6.45) is 2.71. The lowest BCUT2D eigenvalue weighted by atomic mass is 10.0. The van der Waals surface area contributed by atoms with Crippen molar-refractivity contribution in [1.82, 2.24) is 4.31 Å². The molecular weight excluding hydrogens is 395 g/mol. The van der Waals surface area contributed by atoms with E-state index in [4.69, 9.17) is 4.74 Å². The normalized spacial score (nSPS) is 20.3. The van der Waals surface area contributed by atoms with Gasteiger partial charge in [-0.3, -0.25) is 4.79 Å². The number of carbonyl (C=O) groups excluding carboxylic acids is 1. The van der Waals surface area contributed by atoms with Gasteiger partial charge in [0.05, 0.1) is 12.0 Å². The maximum absolute atomic E-state index is 13.8. The van der Waals surface area contributed by atoms with Gasteiger partial charge in [0, 0.05) is 23.3 Å². The van der Waals surface area contributed by atoms with Crippen LogP contribution in [0.2, 0.25) is 0 Å². The number of carbonyl (C=O) groups is 1. The predicted molar refractivity (Wildman–Crippen MR) is 109 cm³/mol. The number of ether oxygens (including phenoxy) is 1. The van der Waals surface area contributed by atoms with Crippen molar-refractivity contribution >= 4 is 21.6 Å². The van der Waals surface area contributed by atoms with E-state index in [1.807, 2.05) is 13.8 Å². The molecule has 0 aromatic heterocycles. The molecule has 1 N–H and O–H groups in total. The first-order valence-electron chi connectivity index (χ1n) is 9.52. The Hall–Kier alpha value is -2.45. The smallest absolute Gasteiger partial charge is 0.255 e. The number of hydrogen-bond donors (Lipinski definition) is 1. The number of anilines is 1. The Kier molecular flexibility index (Phi) is 6.24. The first-order valence-corrected chi connectivity index (χ1v) is 11.0. The fraction of sp³-hybridized carbons (Fsp3) is 0.381. The van der Waals surface area contributed by atoms with Crippen molar-refractivity contribution in [1.29, 1.82) is 0 Å². The fourth-order valence-corrected chi connectivity index (χ4v) is 5.60. The molecule has 0 bridgehead atoms. The average Bonchev–Trinajstić information content (AvgIpc) is 2.68. The quantitative estimate of drug-likeness (QED) is 0.792. The molecular formula is C21H25FN2O4S. The zero-order valence-corrected chi connectivity index (χ0v) is 17.5. The highest BCUT2D eigenvalue weighted by molar-refractivity contribution is 7.89. The summed E-state index contributed by atoms with van der Waals surface area (Å²) in [4.78, 5) is 12.5. The fourth-order valence-electron chi connectivity index (χ4n) is 3.71. The van der Waals surface area contributed by atoms with Crippen LogP contribution in [0.3, 0.4) is 0 Å². The van der Waals surface area contributed by atoms with E-state index in [9.17, 15) is 17.6 Å².